The molecule has 0 spiro atoms. The van der Waals surface area contributed by atoms with E-state index in [0.29, 0.717) is 12.1 Å². The van der Waals surface area contributed by atoms with E-state index in [0.717, 1.165) is 29.8 Å². The summed E-state index contributed by atoms with van der Waals surface area (Å²) in [5.74, 6) is 0. The van der Waals surface area contributed by atoms with Gasteiger partial charge in [0.1, 0.15) is 0 Å². The zero-order valence-corrected chi connectivity index (χ0v) is 16.0. The number of anilines is 1. The third-order valence-electron chi connectivity index (χ3n) is 5.50. The van der Waals surface area contributed by atoms with Gasteiger partial charge in [-0.15, -0.1) is 0 Å². The summed E-state index contributed by atoms with van der Waals surface area (Å²) < 4.78 is 39.7. The number of nitrogens with two attached hydrogens (primary N) is 1. The van der Waals surface area contributed by atoms with Crippen LogP contribution in [0.25, 0.3) is 5.57 Å². The number of benzene rings is 2. The Morgan fingerprint density at radius 2 is 1.82 bits per heavy atom. The van der Waals surface area contributed by atoms with Gasteiger partial charge in [-0.2, -0.15) is 13.2 Å². The predicted octanol–water partition coefficient (Wildman–Crippen LogP) is 5.04. The molecular weight excluding hydrogens is 363 g/mol. The highest BCUT2D eigenvalue weighted by Gasteiger charge is 2.48. The standard InChI is InChI=1S/C22H24F3N3/c1-21(2,22(23,24)25)19-6-3-15(4-7-19)14-28-10-9-17-11-16(5-8-20(17)28)18(12-26)13-27/h3-8,11-13,26H,9-10,14,27H2,1-2H3/b18-13+,26-12?. The van der Waals surface area contributed by atoms with Crippen molar-refractivity contribution >= 4 is 17.5 Å². The van der Waals surface area contributed by atoms with E-state index >= 15 is 0 Å². The molecule has 3 nitrogen and oxygen atoms in total. The number of nitrogens with zero attached hydrogens (tertiary/aromatic N) is 1. The van der Waals surface area contributed by atoms with Crippen molar-refractivity contribution in [2.24, 2.45) is 5.73 Å². The predicted molar refractivity (Wildman–Crippen MR) is 108 cm³/mol. The van der Waals surface area contributed by atoms with Crippen molar-refractivity contribution in [1.82, 2.24) is 0 Å². The number of fused-ring (bicyclic) bond motifs is 1. The summed E-state index contributed by atoms with van der Waals surface area (Å²) >= 11 is 0. The first-order valence-electron chi connectivity index (χ1n) is 9.14. The van der Waals surface area contributed by atoms with Crippen LogP contribution in [0, 0.1) is 5.41 Å². The van der Waals surface area contributed by atoms with E-state index in [9.17, 15) is 13.2 Å². The zero-order chi connectivity index (χ0) is 20.5. The Morgan fingerprint density at radius 3 is 2.39 bits per heavy atom. The van der Waals surface area contributed by atoms with Crippen LogP contribution < -0.4 is 10.6 Å². The van der Waals surface area contributed by atoms with Crippen LogP contribution in [0.4, 0.5) is 18.9 Å². The Labute approximate surface area is 163 Å². The third kappa shape index (κ3) is 3.63. The van der Waals surface area contributed by atoms with Crippen LogP contribution >= 0.6 is 0 Å². The summed E-state index contributed by atoms with van der Waals surface area (Å²) in [5, 5.41) is 7.43. The van der Waals surface area contributed by atoms with E-state index in [-0.39, 0.29) is 5.56 Å². The number of alkyl halides is 3. The van der Waals surface area contributed by atoms with Crippen molar-refractivity contribution in [2.75, 3.05) is 11.4 Å². The van der Waals surface area contributed by atoms with E-state index in [2.05, 4.69) is 4.90 Å². The van der Waals surface area contributed by atoms with Crippen LogP contribution in [0.5, 0.6) is 0 Å². The molecule has 2 aromatic rings. The maximum absolute atomic E-state index is 13.2. The fourth-order valence-electron chi connectivity index (χ4n) is 3.45. The van der Waals surface area contributed by atoms with Gasteiger partial charge in [0.05, 0.1) is 5.41 Å². The second-order valence-corrected chi connectivity index (χ2v) is 7.60. The number of nitrogens with one attached hydrogen (secondary N) is 1. The van der Waals surface area contributed by atoms with Crippen molar-refractivity contribution in [3.63, 3.8) is 0 Å². The Balaban J connectivity index is 1.77. The van der Waals surface area contributed by atoms with E-state index in [4.69, 9.17) is 11.1 Å². The molecule has 0 saturated heterocycles. The quantitative estimate of drug-likeness (QED) is 0.707. The van der Waals surface area contributed by atoms with Crippen LogP contribution in [0.15, 0.2) is 48.7 Å². The first-order chi connectivity index (χ1) is 13.2. The van der Waals surface area contributed by atoms with E-state index in [1.807, 2.05) is 18.2 Å². The lowest BCUT2D eigenvalue weighted by Gasteiger charge is -2.28. The molecule has 0 bridgehead atoms. The summed E-state index contributed by atoms with van der Waals surface area (Å²) in [7, 11) is 0. The van der Waals surface area contributed by atoms with Crippen molar-refractivity contribution in [2.45, 2.75) is 38.4 Å². The second kappa shape index (κ2) is 7.34. The molecule has 0 aromatic heterocycles. The first-order valence-corrected chi connectivity index (χ1v) is 9.14. The molecule has 0 radical (unpaired) electrons. The highest BCUT2D eigenvalue weighted by Crippen LogP contribution is 2.40. The second-order valence-electron chi connectivity index (χ2n) is 7.60. The molecule has 0 amide bonds. The van der Waals surface area contributed by atoms with Gasteiger partial charge in [0.15, 0.2) is 0 Å². The molecule has 0 fully saturated rings. The van der Waals surface area contributed by atoms with Crippen LogP contribution in [0.2, 0.25) is 0 Å². The van der Waals surface area contributed by atoms with Crippen molar-refractivity contribution in [3.8, 4) is 0 Å². The number of hydrogen-bond acceptors (Lipinski definition) is 3. The zero-order valence-electron chi connectivity index (χ0n) is 16.0. The maximum Gasteiger partial charge on any atom is 0.397 e. The summed E-state index contributed by atoms with van der Waals surface area (Å²) in [6.07, 6.45) is -0.741. The maximum atomic E-state index is 13.2. The Morgan fingerprint density at radius 1 is 1.14 bits per heavy atom. The van der Waals surface area contributed by atoms with Gasteiger partial charge in [0.2, 0.25) is 0 Å². The Hall–Kier alpha value is -2.76. The van der Waals surface area contributed by atoms with Crippen LogP contribution in [-0.4, -0.2) is 18.9 Å². The van der Waals surface area contributed by atoms with Gasteiger partial charge in [-0.1, -0.05) is 30.3 Å². The van der Waals surface area contributed by atoms with Crippen molar-refractivity contribution < 1.29 is 13.2 Å². The molecular formula is C22H24F3N3. The molecule has 0 aliphatic carbocycles. The summed E-state index contributed by atoms with van der Waals surface area (Å²) in [4.78, 5) is 2.22. The van der Waals surface area contributed by atoms with Crippen LogP contribution in [0.1, 0.15) is 36.1 Å². The van der Waals surface area contributed by atoms with Gasteiger partial charge in [0.25, 0.3) is 0 Å². The van der Waals surface area contributed by atoms with Crippen LogP contribution in [0.3, 0.4) is 0 Å². The molecule has 3 rings (SSSR count). The van der Waals surface area contributed by atoms with Gasteiger partial charge in [0, 0.05) is 36.8 Å². The normalized spacial score (nSPS) is 14.9. The van der Waals surface area contributed by atoms with Gasteiger partial charge < -0.3 is 16.0 Å². The average Bonchev–Trinajstić information content (AvgIpc) is 3.04. The molecule has 1 aliphatic heterocycles. The lowest BCUT2D eigenvalue weighted by Crippen LogP contribution is -2.36. The molecule has 0 unspecified atom stereocenters. The minimum atomic E-state index is -4.28. The molecule has 148 valence electrons. The highest BCUT2D eigenvalue weighted by molar-refractivity contribution is 6.08. The topological polar surface area (TPSA) is 53.1 Å². The Kier molecular flexibility index (Phi) is 5.24. The summed E-state index contributed by atoms with van der Waals surface area (Å²) in [6, 6.07) is 12.7. The van der Waals surface area contributed by atoms with Crippen LogP contribution in [-0.2, 0) is 18.4 Å². The minimum absolute atomic E-state index is 0.267. The van der Waals surface area contributed by atoms with E-state index in [1.54, 1.807) is 24.3 Å². The first kappa shape index (κ1) is 20.0. The molecule has 1 aliphatic rings. The molecule has 3 N–H and O–H groups in total. The molecule has 2 aromatic carbocycles. The smallest absolute Gasteiger partial charge is 0.397 e. The number of hydrogen-bond donors (Lipinski definition) is 2. The van der Waals surface area contributed by atoms with Gasteiger partial charge >= 0.3 is 6.18 Å². The molecule has 0 atom stereocenters. The fraction of sp³-hybridized carbons (Fsp3) is 0.318. The molecule has 1 heterocycles. The molecule has 28 heavy (non-hydrogen) atoms. The van der Waals surface area contributed by atoms with Crippen molar-refractivity contribution in [1.29, 1.82) is 5.41 Å². The van der Waals surface area contributed by atoms with Crippen molar-refractivity contribution in [3.05, 3.63) is 70.9 Å². The third-order valence-corrected chi connectivity index (χ3v) is 5.50. The minimum Gasteiger partial charge on any atom is -0.404 e. The number of halogens is 3. The SMILES string of the molecule is CC(C)(c1ccc(CN2CCc3cc(/C(C=N)=C/N)ccc32)cc1)C(F)(F)F. The van der Waals surface area contributed by atoms with Gasteiger partial charge in [-0.25, -0.2) is 0 Å². The summed E-state index contributed by atoms with van der Waals surface area (Å²) in [5.41, 5.74) is 8.82. The van der Waals surface area contributed by atoms with Gasteiger partial charge in [-0.3, -0.25) is 0 Å². The Bertz CT molecular complexity index is 896. The molecule has 6 heteroatoms. The number of allylic oxidation sites excluding steroid dienone is 1. The largest absolute Gasteiger partial charge is 0.404 e. The van der Waals surface area contributed by atoms with Gasteiger partial charge in [-0.05, 0) is 54.7 Å². The average molecular weight is 387 g/mol. The number of rotatable bonds is 5. The highest BCUT2D eigenvalue weighted by atomic mass is 19.4. The lowest BCUT2D eigenvalue weighted by atomic mass is 9.83. The van der Waals surface area contributed by atoms with E-state index in [1.165, 1.54) is 31.8 Å². The summed E-state index contributed by atoms with van der Waals surface area (Å²) in [6.45, 7) is 3.90. The lowest BCUT2D eigenvalue weighted by molar-refractivity contribution is -0.180. The monoisotopic (exact) mass is 387 g/mol. The molecule has 0 saturated carbocycles. The fourth-order valence-corrected chi connectivity index (χ4v) is 3.45. The van der Waals surface area contributed by atoms with E-state index < -0.39 is 11.6 Å².